The van der Waals surface area contributed by atoms with Gasteiger partial charge in [0.2, 0.25) is 0 Å². The van der Waals surface area contributed by atoms with Gasteiger partial charge in [-0.2, -0.15) is 0 Å². The Kier molecular flexibility index (Phi) is 4.49. The number of aromatic nitrogens is 3. The molecule has 0 saturated heterocycles. The van der Waals surface area contributed by atoms with E-state index in [2.05, 4.69) is 22.5 Å². The van der Waals surface area contributed by atoms with Crippen molar-refractivity contribution in [2.45, 2.75) is 39.7 Å². The fourth-order valence-corrected chi connectivity index (χ4v) is 4.79. The van der Waals surface area contributed by atoms with Crippen LogP contribution in [0.25, 0.3) is 10.2 Å². The first-order valence-corrected chi connectivity index (χ1v) is 10.2. The van der Waals surface area contributed by atoms with Crippen molar-refractivity contribution in [1.29, 1.82) is 0 Å². The van der Waals surface area contributed by atoms with Gasteiger partial charge in [-0.05, 0) is 31.2 Å². The van der Waals surface area contributed by atoms with Crippen molar-refractivity contribution in [2.75, 3.05) is 10.6 Å². The monoisotopic (exact) mass is 389 g/mol. The standard InChI is InChI=1S/C17H19N5O2S2/c1-9-3-4-11-19-14-12(15(23)22(11)7-5-9)10(2)13(26-14)20-16(24)21-17-18-6-8-25-17/h6,8-9H,3-5,7H2,1-2H3,(H2,18,20,21,24). The molecule has 1 aliphatic rings. The second-order valence-corrected chi connectivity index (χ2v) is 8.46. The number of nitrogens with one attached hydrogen (secondary N) is 2. The van der Waals surface area contributed by atoms with Crippen LogP contribution in [-0.2, 0) is 13.0 Å². The molecule has 0 fully saturated rings. The van der Waals surface area contributed by atoms with Crippen LogP contribution in [0, 0.1) is 12.8 Å². The quantitative estimate of drug-likeness (QED) is 0.697. The summed E-state index contributed by atoms with van der Waals surface area (Å²) in [6.45, 7) is 4.78. The van der Waals surface area contributed by atoms with Crippen LogP contribution in [0.2, 0.25) is 0 Å². The first-order valence-electron chi connectivity index (χ1n) is 8.53. The lowest BCUT2D eigenvalue weighted by atomic mass is 10.0. The Morgan fingerprint density at radius 3 is 2.96 bits per heavy atom. The zero-order valence-corrected chi connectivity index (χ0v) is 16.2. The lowest BCUT2D eigenvalue weighted by Crippen LogP contribution is -2.24. The van der Waals surface area contributed by atoms with Crippen molar-refractivity contribution in [2.24, 2.45) is 5.92 Å². The molecule has 26 heavy (non-hydrogen) atoms. The summed E-state index contributed by atoms with van der Waals surface area (Å²) in [5.41, 5.74) is 0.769. The molecule has 0 saturated carbocycles. The third kappa shape index (κ3) is 3.12. The minimum absolute atomic E-state index is 0.00114. The predicted molar refractivity (Wildman–Crippen MR) is 105 cm³/mol. The number of thiophene rings is 1. The number of thiazole rings is 1. The van der Waals surface area contributed by atoms with Gasteiger partial charge < -0.3 is 0 Å². The molecule has 4 heterocycles. The Morgan fingerprint density at radius 1 is 1.35 bits per heavy atom. The molecule has 136 valence electrons. The number of nitrogens with zero attached hydrogens (tertiary/aromatic N) is 3. The number of rotatable bonds is 2. The van der Waals surface area contributed by atoms with Crippen molar-refractivity contribution < 1.29 is 4.79 Å². The number of anilines is 2. The second kappa shape index (κ2) is 6.81. The summed E-state index contributed by atoms with van der Waals surface area (Å²) in [6.07, 6.45) is 4.48. The first kappa shape index (κ1) is 17.2. The molecule has 3 aromatic rings. The van der Waals surface area contributed by atoms with Crippen LogP contribution >= 0.6 is 22.7 Å². The fourth-order valence-electron chi connectivity index (χ4n) is 3.19. The van der Waals surface area contributed by atoms with Gasteiger partial charge in [0.1, 0.15) is 15.7 Å². The summed E-state index contributed by atoms with van der Waals surface area (Å²) in [5, 5.41) is 9.08. The van der Waals surface area contributed by atoms with E-state index in [4.69, 9.17) is 4.98 Å². The molecule has 3 aromatic heterocycles. The van der Waals surface area contributed by atoms with E-state index in [1.54, 1.807) is 11.6 Å². The molecule has 1 atom stereocenters. The highest BCUT2D eigenvalue weighted by Crippen LogP contribution is 2.33. The number of hydrogen-bond acceptors (Lipinski definition) is 6. The van der Waals surface area contributed by atoms with Gasteiger partial charge in [-0.25, -0.2) is 14.8 Å². The maximum Gasteiger partial charge on any atom is 0.326 e. The summed E-state index contributed by atoms with van der Waals surface area (Å²) < 4.78 is 1.81. The molecule has 2 amide bonds. The summed E-state index contributed by atoms with van der Waals surface area (Å²) in [5.74, 6) is 1.45. The third-order valence-corrected chi connectivity index (χ3v) is 6.51. The Morgan fingerprint density at radius 2 is 2.19 bits per heavy atom. The molecule has 0 bridgehead atoms. The van der Waals surface area contributed by atoms with Gasteiger partial charge in [0.25, 0.3) is 5.56 Å². The van der Waals surface area contributed by atoms with Gasteiger partial charge >= 0.3 is 6.03 Å². The molecule has 2 N–H and O–H groups in total. The van der Waals surface area contributed by atoms with E-state index in [-0.39, 0.29) is 11.6 Å². The molecule has 0 aromatic carbocycles. The van der Waals surface area contributed by atoms with E-state index in [0.29, 0.717) is 32.8 Å². The first-order chi connectivity index (χ1) is 12.5. The third-order valence-electron chi connectivity index (χ3n) is 4.72. The van der Waals surface area contributed by atoms with Gasteiger partial charge in [0.05, 0.1) is 5.39 Å². The number of carbonyl (C=O) groups excluding carboxylic acids is 1. The number of amides is 2. The Bertz CT molecular complexity index is 1020. The number of hydrogen-bond donors (Lipinski definition) is 2. The summed E-state index contributed by atoms with van der Waals surface area (Å²) >= 11 is 2.69. The number of aryl methyl sites for hydroxylation is 2. The lowest BCUT2D eigenvalue weighted by Gasteiger charge is -2.08. The van der Waals surface area contributed by atoms with Crippen molar-refractivity contribution >= 4 is 49.1 Å². The smallest absolute Gasteiger partial charge is 0.299 e. The molecule has 7 nitrogen and oxygen atoms in total. The lowest BCUT2D eigenvalue weighted by molar-refractivity contribution is 0.262. The minimum Gasteiger partial charge on any atom is -0.299 e. The normalized spacial score (nSPS) is 16.9. The van der Waals surface area contributed by atoms with Crippen LogP contribution in [0.15, 0.2) is 16.4 Å². The zero-order chi connectivity index (χ0) is 18.3. The van der Waals surface area contributed by atoms with E-state index in [0.717, 1.165) is 30.7 Å². The van der Waals surface area contributed by atoms with Crippen molar-refractivity contribution in [3.05, 3.63) is 33.3 Å². The zero-order valence-electron chi connectivity index (χ0n) is 14.5. The largest absolute Gasteiger partial charge is 0.326 e. The molecule has 0 spiro atoms. The van der Waals surface area contributed by atoms with E-state index >= 15 is 0 Å². The van der Waals surface area contributed by atoms with Crippen LogP contribution in [0.5, 0.6) is 0 Å². The number of carbonyl (C=O) groups is 1. The van der Waals surface area contributed by atoms with Crippen molar-refractivity contribution in [3.8, 4) is 0 Å². The average molecular weight is 390 g/mol. The Labute approximate surface area is 158 Å². The Balaban J connectivity index is 1.68. The highest BCUT2D eigenvalue weighted by molar-refractivity contribution is 7.22. The molecule has 1 unspecified atom stereocenters. The van der Waals surface area contributed by atoms with E-state index < -0.39 is 0 Å². The molecular formula is C17H19N5O2S2. The van der Waals surface area contributed by atoms with Crippen LogP contribution in [-0.4, -0.2) is 20.6 Å². The van der Waals surface area contributed by atoms with Crippen molar-refractivity contribution in [3.63, 3.8) is 0 Å². The van der Waals surface area contributed by atoms with Crippen LogP contribution in [0.3, 0.4) is 0 Å². The van der Waals surface area contributed by atoms with Gasteiger partial charge in [-0.3, -0.25) is 20.0 Å². The minimum atomic E-state index is -0.370. The van der Waals surface area contributed by atoms with Crippen LogP contribution in [0.1, 0.15) is 31.2 Å². The fraction of sp³-hybridized carbons (Fsp3) is 0.412. The highest BCUT2D eigenvalue weighted by atomic mass is 32.1. The Hall–Kier alpha value is -2.26. The van der Waals surface area contributed by atoms with E-state index in [1.165, 1.54) is 22.7 Å². The van der Waals surface area contributed by atoms with Crippen LogP contribution < -0.4 is 16.2 Å². The van der Waals surface area contributed by atoms with Gasteiger partial charge in [0, 0.05) is 24.5 Å². The van der Waals surface area contributed by atoms with E-state index in [1.807, 2.05) is 11.5 Å². The highest BCUT2D eigenvalue weighted by Gasteiger charge is 2.21. The van der Waals surface area contributed by atoms with Crippen molar-refractivity contribution in [1.82, 2.24) is 14.5 Å². The molecule has 1 aliphatic heterocycles. The van der Waals surface area contributed by atoms with Gasteiger partial charge in [0.15, 0.2) is 5.13 Å². The SMILES string of the molecule is Cc1c(NC(=O)Nc2nccs2)sc2nc3n(c(=O)c12)CCC(C)CC3. The average Bonchev–Trinajstić information content (AvgIpc) is 3.15. The molecule has 0 radical (unpaired) electrons. The number of urea groups is 1. The summed E-state index contributed by atoms with van der Waals surface area (Å²) in [6, 6.07) is -0.370. The molecular weight excluding hydrogens is 370 g/mol. The molecule has 4 rings (SSSR count). The summed E-state index contributed by atoms with van der Waals surface area (Å²) in [7, 11) is 0. The maximum atomic E-state index is 13.0. The van der Waals surface area contributed by atoms with E-state index in [9.17, 15) is 9.59 Å². The summed E-state index contributed by atoms with van der Waals surface area (Å²) in [4.78, 5) is 34.6. The topological polar surface area (TPSA) is 88.9 Å². The van der Waals surface area contributed by atoms with Crippen LogP contribution in [0.4, 0.5) is 14.9 Å². The predicted octanol–water partition coefficient (Wildman–Crippen LogP) is 3.84. The second-order valence-electron chi connectivity index (χ2n) is 6.57. The number of fused-ring (bicyclic) bond motifs is 2. The maximum absolute atomic E-state index is 13.0. The van der Waals surface area contributed by atoms with Gasteiger partial charge in [-0.15, -0.1) is 11.3 Å². The molecule has 9 heteroatoms. The van der Waals surface area contributed by atoms with Gasteiger partial charge in [-0.1, -0.05) is 18.3 Å². The molecule has 0 aliphatic carbocycles.